The van der Waals surface area contributed by atoms with Crippen LogP contribution < -0.4 is 28.7 Å². The van der Waals surface area contributed by atoms with Crippen molar-refractivity contribution >= 4 is 11.3 Å². The molecule has 0 bridgehead atoms. The van der Waals surface area contributed by atoms with Gasteiger partial charge in [0.2, 0.25) is 0 Å². The Morgan fingerprint density at radius 2 is 1.43 bits per heavy atom. The molecular weight excluding hydrogens is 469 g/mol. The molecule has 114 valence electrons. The molecule has 0 fully saturated rings. The zero-order valence-corrected chi connectivity index (χ0v) is 19.0. The van der Waals surface area contributed by atoms with Crippen molar-refractivity contribution in [1.82, 2.24) is 0 Å². The molecule has 0 aliphatic heterocycles. The molecule has 2 aromatic carbocycles. The Hall–Kier alpha value is -0.707. The number of hydrogen-bond acceptors (Lipinski definition) is 2. The number of thiophene rings is 1. The Morgan fingerprint density at radius 1 is 0.870 bits per heavy atom. The van der Waals surface area contributed by atoms with Gasteiger partial charge in [-0.1, -0.05) is 48.9 Å². The van der Waals surface area contributed by atoms with Crippen molar-refractivity contribution in [2.75, 3.05) is 6.61 Å². The van der Waals surface area contributed by atoms with E-state index in [9.17, 15) is 0 Å². The van der Waals surface area contributed by atoms with Crippen LogP contribution in [0.2, 0.25) is 0 Å². The first-order valence-corrected chi connectivity index (χ1v) is 7.98. The molecule has 0 aliphatic carbocycles. The number of ether oxygens (including phenoxy) is 1. The maximum Gasteiger partial charge on any atom is 2.00 e. The summed E-state index contributed by atoms with van der Waals surface area (Å²) in [5, 5.41) is 3.13. The van der Waals surface area contributed by atoms with Crippen molar-refractivity contribution in [1.29, 1.82) is 0 Å². The quantitative estimate of drug-likeness (QED) is 0.307. The van der Waals surface area contributed by atoms with Crippen LogP contribution in [-0.2, 0) is 19.5 Å². The molecule has 23 heavy (non-hydrogen) atoms. The van der Waals surface area contributed by atoms with Gasteiger partial charge in [0.1, 0.15) is 5.75 Å². The van der Waals surface area contributed by atoms with Crippen LogP contribution in [0.5, 0.6) is 5.75 Å². The van der Waals surface area contributed by atoms with Gasteiger partial charge in [-0.25, -0.2) is 0 Å². The van der Waals surface area contributed by atoms with Crippen LogP contribution in [0.15, 0.2) is 60.7 Å². The Labute approximate surface area is 171 Å². The van der Waals surface area contributed by atoms with Gasteiger partial charge in [0.25, 0.3) is 0 Å². The molecule has 3 rings (SSSR count). The Bertz CT molecular complexity index is 678. The van der Waals surface area contributed by atoms with Gasteiger partial charge in [-0.3, -0.25) is 11.3 Å². The van der Waals surface area contributed by atoms with Gasteiger partial charge in [-0.05, 0) is 29.7 Å². The minimum Gasteiger partial charge on any atom is -1.00 e. The summed E-state index contributed by atoms with van der Waals surface area (Å²) in [5.74, 6) is 0.936. The van der Waals surface area contributed by atoms with Crippen LogP contribution in [0.25, 0.3) is 21.6 Å². The molecule has 0 spiro atoms. The van der Waals surface area contributed by atoms with Crippen LogP contribution in [-0.4, -0.2) is 6.61 Å². The summed E-state index contributed by atoms with van der Waals surface area (Å²) in [5.41, 5.74) is 3.68. The molecule has 0 N–H and O–H groups in total. The number of halogens is 1. The Balaban J connectivity index is 0.00000132. The molecule has 3 aromatic rings. The van der Waals surface area contributed by atoms with Crippen molar-refractivity contribution in [3.63, 3.8) is 0 Å². The van der Waals surface area contributed by atoms with Crippen molar-refractivity contribution in [3.05, 3.63) is 66.0 Å². The van der Waals surface area contributed by atoms with E-state index >= 15 is 0 Å². The van der Waals surface area contributed by atoms with E-state index in [0.717, 1.165) is 18.8 Å². The Morgan fingerprint density at radius 3 is 1.96 bits per heavy atom. The van der Waals surface area contributed by atoms with E-state index in [0.29, 0.717) is 0 Å². The van der Waals surface area contributed by atoms with Crippen molar-refractivity contribution in [2.45, 2.75) is 13.3 Å². The molecule has 0 amide bonds. The molecule has 1 aromatic heterocycles. The topological polar surface area (TPSA) is 9.23 Å². The van der Waals surface area contributed by atoms with Gasteiger partial charge in [0.05, 0.1) is 6.61 Å². The third-order valence-electron chi connectivity index (χ3n) is 3.30. The second-order valence-electron chi connectivity index (χ2n) is 4.87. The normalized spacial score (nSPS) is 9.61. The second-order valence-corrected chi connectivity index (χ2v) is 5.75. The van der Waals surface area contributed by atoms with Gasteiger partial charge in [-0.15, -0.1) is 10.3 Å². The number of benzene rings is 2. The summed E-state index contributed by atoms with van der Waals surface area (Å²) in [7, 11) is 0. The molecule has 0 saturated carbocycles. The zero-order chi connectivity index (χ0) is 14.5. The fourth-order valence-electron chi connectivity index (χ4n) is 2.19. The smallest absolute Gasteiger partial charge is 1.00 e. The van der Waals surface area contributed by atoms with Gasteiger partial charge >= 0.3 is 19.5 Å². The monoisotopic (exact) mass is 484 g/mol. The first-order valence-electron chi connectivity index (χ1n) is 7.16. The number of hydrogen-bond donors (Lipinski definition) is 0. The summed E-state index contributed by atoms with van der Waals surface area (Å²) in [6, 6.07) is 21.0. The predicted molar refractivity (Wildman–Crippen MR) is 89.8 cm³/mol. The van der Waals surface area contributed by atoms with Gasteiger partial charge in [0, 0.05) is 0 Å². The molecule has 0 saturated heterocycles. The van der Waals surface area contributed by atoms with E-state index in [1.165, 1.54) is 21.6 Å². The minimum absolute atomic E-state index is 0. The molecule has 0 atom stereocenters. The van der Waals surface area contributed by atoms with Crippen LogP contribution in [0, 0.1) is 5.38 Å². The van der Waals surface area contributed by atoms with Gasteiger partial charge in [0.15, 0.2) is 0 Å². The predicted octanol–water partition coefficient (Wildman–Crippen LogP) is 2.67. The second kappa shape index (κ2) is 10.2. The van der Waals surface area contributed by atoms with Gasteiger partial charge < -0.3 is 28.7 Å². The molecule has 0 unspecified atom stereocenters. The van der Waals surface area contributed by atoms with E-state index in [1.807, 2.05) is 18.2 Å². The summed E-state index contributed by atoms with van der Waals surface area (Å²) in [4.78, 5) is 1.25. The first-order chi connectivity index (χ1) is 10.4. The fourth-order valence-corrected chi connectivity index (χ4v) is 2.84. The van der Waals surface area contributed by atoms with Crippen molar-refractivity contribution < 1.29 is 48.2 Å². The maximum atomic E-state index is 5.61. The standard InChI is InChI=1S/C19H17OS.HI.Zn/c1-2-13-20-18-11-9-16(10-12-18)15-5-7-17(8-6-15)19-4-3-14-21-19;;/h3-12H,2,13H2,1H3;1H;/q-1;;+2/p-1. The van der Waals surface area contributed by atoms with E-state index in [4.69, 9.17) is 4.74 Å². The molecular formula is C19H17IOSZn. The first kappa shape index (κ1) is 20.3. The molecule has 4 heteroatoms. The average molecular weight is 486 g/mol. The summed E-state index contributed by atoms with van der Waals surface area (Å²) < 4.78 is 5.61. The Kier molecular flexibility index (Phi) is 9.04. The summed E-state index contributed by atoms with van der Waals surface area (Å²) in [6.07, 6.45) is 1.03. The molecule has 0 aliphatic rings. The van der Waals surface area contributed by atoms with E-state index in [2.05, 4.69) is 54.8 Å². The third-order valence-corrected chi connectivity index (χ3v) is 4.15. The van der Waals surface area contributed by atoms with Crippen LogP contribution in [0.3, 0.4) is 0 Å². The zero-order valence-electron chi connectivity index (χ0n) is 13.1. The van der Waals surface area contributed by atoms with Crippen LogP contribution >= 0.6 is 11.3 Å². The maximum absolute atomic E-state index is 5.61. The van der Waals surface area contributed by atoms with Crippen LogP contribution in [0.1, 0.15) is 13.3 Å². The largest absolute Gasteiger partial charge is 2.00 e. The van der Waals surface area contributed by atoms with Crippen molar-refractivity contribution in [3.8, 4) is 27.3 Å². The van der Waals surface area contributed by atoms with E-state index < -0.39 is 0 Å². The van der Waals surface area contributed by atoms with Crippen molar-refractivity contribution in [2.24, 2.45) is 0 Å². The SMILES string of the molecule is CCCOc1ccc(-c2ccc(-c3cc[c-]s3)cc2)cc1.[I-].[Zn+2]. The summed E-state index contributed by atoms with van der Waals surface area (Å²) in [6.45, 7) is 2.88. The molecule has 1 heterocycles. The molecule has 0 radical (unpaired) electrons. The van der Waals surface area contributed by atoms with Crippen LogP contribution in [0.4, 0.5) is 0 Å². The number of rotatable bonds is 5. The summed E-state index contributed by atoms with van der Waals surface area (Å²) >= 11 is 1.65. The fraction of sp³-hybridized carbons (Fsp3) is 0.158. The van der Waals surface area contributed by atoms with E-state index in [-0.39, 0.29) is 43.5 Å². The third kappa shape index (κ3) is 5.41. The van der Waals surface area contributed by atoms with Gasteiger partial charge in [-0.2, -0.15) is 12.1 Å². The minimum atomic E-state index is 0. The average Bonchev–Trinajstić information content (AvgIpc) is 3.08. The van der Waals surface area contributed by atoms with E-state index in [1.54, 1.807) is 11.3 Å². The molecule has 1 nitrogen and oxygen atoms in total.